The number of piperazine rings is 1. The summed E-state index contributed by atoms with van der Waals surface area (Å²) in [5.74, 6) is 0.818. The third-order valence-electron chi connectivity index (χ3n) is 7.61. The molecule has 7 heteroatoms. The van der Waals surface area contributed by atoms with Crippen molar-refractivity contribution >= 4 is 39.9 Å². The first kappa shape index (κ1) is 21.9. The first-order chi connectivity index (χ1) is 17.2. The van der Waals surface area contributed by atoms with E-state index in [0.29, 0.717) is 26.1 Å². The summed E-state index contributed by atoms with van der Waals surface area (Å²) in [4.78, 5) is 39.2. The number of carbonyl (C=O) groups excluding carboxylic acids is 2. The number of anilines is 3. The van der Waals surface area contributed by atoms with E-state index < -0.39 is 0 Å². The van der Waals surface area contributed by atoms with Crippen molar-refractivity contribution in [3.63, 3.8) is 0 Å². The van der Waals surface area contributed by atoms with Crippen LogP contribution in [0.25, 0.3) is 10.9 Å². The van der Waals surface area contributed by atoms with Gasteiger partial charge in [-0.05, 0) is 55.3 Å². The Bertz CT molecular complexity index is 1230. The van der Waals surface area contributed by atoms with Gasteiger partial charge in [0.2, 0.25) is 11.8 Å². The normalized spacial score (nSPS) is 20.8. The van der Waals surface area contributed by atoms with Gasteiger partial charge in [0.25, 0.3) is 0 Å². The maximum atomic E-state index is 13.3. The lowest BCUT2D eigenvalue weighted by molar-refractivity contribution is -0.136. The van der Waals surface area contributed by atoms with Crippen molar-refractivity contribution in [1.82, 2.24) is 9.88 Å². The van der Waals surface area contributed by atoms with Gasteiger partial charge in [-0.25, -0.2) is 4.98 Å². The van der Waals surface area contributed by atoms with Crippen molar-refractivity contribution in [1.29, 1.82) is 0 Å². The van der Waals surface area contributed by atoms with E-state index in [-0.39, 0.29) is 17.7 Å². The van der Waals surface area contributed by atoms with Crippen molar-refractivity contribution in [3.05, 3.63) is 60.7 Å². The minimum Gasteiger partial charge on any atom is -0.372 e. The molecule has 6 rings (SSSR count). The summed E-state index contributed by atoms with van der Waals surface area (Å²) < 4.78 is 0. The summed E-state index contributed by atoms with van der Waals surface area (Å²) in [6.45, 7) is 5.47. The van der Waals surface area contributed by atoms with E-state index in [0.717, 1.165) is 48.6 Å². The molecule has 1 atom stereocenters. The van der Waals surface area contributed by atoms with Gasteiger partial charge in [0.15, 0.2) is 0 Å². The Kier molecular flexibility index (Phi) is 5.76. The highest BCUT2D eigenvalue weighted by Gasteiger charge is 2.38. The van der Waals surface area contributed by atoms with Crippen molar-refractivity contribution in [2.75, 3.05) is 60.5 Å². The van der Waals surface area contributed by atoms with E-state index in [4.69, 9.17) is 4.98 Å². The topological polar surface area (TPSA) is 60.0 Å². The second-order valence-corrected chi connectivity index (χ2v) is 9.79. The van der Waals surface area contributed by atoms with Crippen LogP contribution in [-0.4, -0.2) is 67.5 Å². The second-order valence-electron chi connectivity index (χ2n) is 9.79. The van der Waals surface area contributed by atoms with Crippen molar-refractivity contribution in [2.24, 2.45) is 5.92 Å². The molecule has 35 heavy (non-hydrogen) atoms. The Labute approximate surface area is 205 Å². The highest BCUT2D eigenvalue weighted by molar-refractivity contribution is 6.00. The van der Waals surface area contributed by atoms with Crippen LogP contribution in [0.2, 0.25) is 0 Å². The minimum atomic E-state index is -0.272. The molecule has 1 unspecified atom stereocenters. The molecule has 7 nitrogen and oxygen atoms in total. The number of pyridine rings is 1. The van der Waals surface area contributed by atoms with Gasteiger partial charge in [-0.3, -0.25) is 9.59 Å². The Morgan fingerprint density at radius 1 is 0.771 bits per heavy atom. The second kappa shape index (κ2) is 9.21. The maximum Gasteiger partial charge on any atom is 0.228 e. The van der Waals surface area contributed by atoms with Gasteiger partial charge in [0, 0.05) is 69.0 Å². The number of rotatable bonds is 4. The maximum absolute atomic E-state index is 13.3. The number of aromatic nitrogens is 1. The molecule has 0 spiro atoms. The van der Waals surface area contributed by atoms with Crippen LogP contribution in [0.15, 0.2) is 60.7 Å². The smallest absolute Gasteiger partial charge is 0.228 e. The van der Waals surface area contributed by atoms with E-state index in [1.54, 1.807) is 4.90 Å². The summed E-state index contributed by atoms with van der Waals surface area (Å²) in [6, 6.07) is 20.5. The Morgan fingerprint density at radius 2 is 1.49 bits per heavy atom. The molecule has 0 N–H and O–H groups in total. The highest BCUT2D eigenvalue weighted by Crippen LogP contribution is 2.30. The molecule has 3 saturated heterocycles. The summed E-state index contributed by atoms with van der Waals surface area (Å²) in [7, 11) is 0. The lowest BCUT2D eigenvalue weighted by Gasteiger charge is -2.36. The van der Waals surface area contributed by atoms with Crippen LogP contribution in [0.5, 0.6) is 0 Å². The lowest BCUT2D eigenvalue weighted by atomic mass is 10.1. The molecule has 3 aromatic rings. The zero-order valence-electron chi connectivity index (χ0n) is 20.0. The first-order valence-electron chi connectivity index (χ1n) is 12.7. The predicted octanol–water partition coefficient (Wildman–Crippen LogP) is 3.54. The summed E-state index contributed by atoms with van der Waals surface area (Å²) >= 11 is 0. The Balaban J connectivity index is 1.07. The molecule has 3 fully saturated rings. The van der Waals surface area contributed by atoms with Crippen LogP contribution in [0.3, 0.4) is 0 Å². The molecule has 0 bridgehead atoms. The third-order valence-corrected chi connectivity index (χ3v) is 7.61. The SMILES string of the molecule is O=C(C1CC(=O)N(c2ccc(N3CCCC3)cc2)C1)N1CCN(c2ccc3ccccc3n2)CC1. The number of benzene rings is 2. The zero-order valence-corrected chi connectivity index (χ0v) is 20.0. The molecule has 2 amide bonds. The van der Waals surface area contributed by atoms with Crippen LogP contribution < -0.4 is 14.7 Å². The number of hydrogen-bond acceptors (Lipinski definition) is 5. The number of hydrogen-bond donors (Lipinski definition) is 0. The summed E-state index contributed by atoms with van der Waals surface area (Å²) in [6.07, 6.45) is 2.77. The molecule has 2 aromatic carbocycles. The monoisotopic (exact) mass is 469 g/mol. The molecule has 3 aliphatic heterocycles. The summed E-state index contributed by atoms with van der Waals surface area (Å²) in [5, 5.41) is 1.13. The molecule has 1 aromatic heterocycles. The van der Waals surface area contributed by atoms with E-state index in [1.165, 1.54) is 18.5 Å². The van der Waals surface area contributed by atoms with Gasteiger partial charge in [-0.2, -0.15) is 0 Å². The Morgan fingerprint density at radius 3 is 2.26 bits per heavy atom. The fraction of sp³-hybridized carbons (Fsp3) is 0.393. The van der Waals surface area contributed by atoms with Gasteiger partial charge in [0.1, 0.15) is 5.82 Å². The van der Waals surface area contributed by atoms with Crippen LogP contribution >= 0.6 is 0 Å². The average Bonchev–Trinajstić information content (AvgIpc) is 3.59. The molecule has 0 aliphatic carbocycles. The molecular formula is C28H31N5O2. The third kappa shape index (κ3) is 4.31. The fourth-order valence-electron chi connectivity index (χ4n) is 5.59. The zero-order chi connectivity index (χ0) is 23.8. The predicted molar refractivity (Wildman–Crippen MR) is 139 cm³/mol. The van der Waals surface area contributed by atoms with Crippen molar-refractivity contribution in [3.8, 4) is 0 Å². The molecule has 4 heterocycles. The van der Waals surface area contributed by atoms with Gasteiger partial charge in [-0.1, -0.05) is 18.2 Å². The van der Waals surface area contributed by atoms with E-state index in [1.807, 2.05) is 35.2 Å². The molecule has 3 aliphatic rings. The summed E-state index contributed by atoms with van der Waals surface area (Å²) in [5.41, 5.74) is 3.09. The first-order valence-corrected chi connectivity index (χ1v) is 12.7. The Hall–Kier alpha value is -3.61. The molecular weight excluding hydrogens is 438 g/mol. The van der Waals surface area contributed by atoms with Crippen LogP contribution in [0, 0.1) is 5.92 Å². The van der Waals surface area contributed by atoms with Gasteiger partial charge >= 0.3 is 0 Å². The largest absolute Gasteiger partial charge is 0.372 e. The average molecular weight is 470 g/mol. The van der Waals surface area contributed by atoms with Crippen LogP contribution in [0.1, 0.15) is 19.3 Å². The van der Waals surface area contributed by atoms with Crippen LogP contribution in [0.4, 0.5) is 17.2 Å². The van der Waals surface area contributed by atoms with Gasteiger partial charge < -0.3 is 19.6 Å². The van der Waals surface area contributed by atoms with Gasteiger partial charge in [-0.15, -0.1) is 0 Å². The molecule has 0 radical (unpaired) electrons. The quantitative estimate of drug-likeness (QED) is 0.585. The minimum absolute atomic E-state index is 0.0382. The van der Waals surface area contributed by atoms with Crippen molar-refractivity contribution in [2.45, 2.75) is 19.3 Å². The standard InChI is InChI=1S/C28H31N5O2/c34-27-19-22(20-33(27)24-10-8-23(9-11-24)30-13-3-4-14-30)28(35)32-17-15-31(16-18-32)26-12-7-21-5-1-2-6-25(21)29-26/h1-2,5-12,22H,3-4,13-20H2. The number of fused-ring (bicyclic) bond motifs is 1. The van der Waals surface area contributed by atoms with E-state index >= 15 is 0 Å². The number of nitrogens with zero attached hydrogens (tertiary/aromatic N) is 5. The molecule has 180 valence electrons. The number of amides is 2. The van der Waals surface area contributed by atoms with E-state index in [2.05, 4.69) is 40.1 Å². The molecule has 0 saturated carbocycles. The number of para-hydroxylation sites is 1. The lowest BCUT2D eigenvalue weighted by Crippen LogP contribution is -2.51. The highest BCUT2D eigenvalue weighted by atomic mass is 16.2. The number of carbonyl (C=O) groups is 2. The van der Waals surface area contributed by atoms with Crippen LogP contribution in [-0.2, 0) is 9.59 Å². The van der Waals surface area contributed by atoms with Gasteiger partial charge in [0.05, 0.1) is 11.4 Å². The van der Waals surface area contributed by atoms with Crippen molar-refractivity contribution < 1.29 is 9.59 Å². The van der Waals surface area contributed by atoms with E-state index in [9.17, 15) is 9.59 Å². The fourth-order valence-corrected chi connectivity index (χ4v) is 5.59.